The topological polar surface area (TPSA) is 52.7 Å². The second kappa shape index (κ2) is 8.68. The lowest BCUT2D eigenvalue weighted by Gasteiger charge is -2.46. The fourth-order valence-corrected chi connectivity index (χ4v) is 4.79. The molecule has 0 aromatic heterocycles. The van der Waals surface area contributed by atoms with Gasteiger partial charge in [-0.2, -0.15) is 0 Å². The number of carbonyl (C=O) groups is 2. The van der Waals surface area contributed by atoms with E-state index in [2.05, 4.69) is 22.3 Å². The molecular formula is C24H29N3O2. The summed E-state index contributed by atoms with van der Waals surface area (Å²) in [4.78, 5) is 29.8. The molecule has 2 aliphatic rings. The van der Waals surface area contributed by atoms with Crippen LogP contribution in [0, 0.1) is 0 Å². The number of aryl methyl sites for hydroxylation is 1. The Bertz CT molecular complexity index is 840. The summed E-state index contributed by atoms with van der Waals surface area (Å²) in [7, 11) is 0. The van der Waals surface area contributed by atoms with Crippen LogP contribution < -0.4 is 5.32 Å². The Labute approximate surface area is 172 Å². The molecule has 5 heteroatoms. The first-order chi connectivity index (χ1) is 14.2. The molecule has 2 saturated heterocycles. The van der Waals surface area contributed by atoms with Gasteiger partial charge in [-0.1, -0.05) is 48.5 Å². The van der Waals surface area contributed by atoms with E-state index in [0.717, 1.165) is 50.9 Å². The highest BCUT2D eigenvalue weighted by atomic mass is 16.2. The van der Waals surface area contributed by atoms with Gasteiger partial charge in [-0.15, -0.1) is 0 Å². The first-order valence-corrected chi connectivity index (χ1v) is 10.6. The molecule has 0 aliphatic carbocycles. The molecule has 5 nitrogen and oxygen atoms in total. The smallest absolute Gasteiger partial charge is 0.321 e. The van der Waals surface area contributed by atoms with Gasteiger partial charge in [0, 0.05) is 31.7 Å². The molecule has 1 N–H and O–H groups in total. The average molecular weight is 392 g/mol. The first-order valence-electron chi connectivity index (χ1n) is 10.6. The first kappa shape index (κ1) is 19.5. The molecule has 4 rings (SSSR count). The highest BCUT2D eigenvalue weighted by molar-refractivity contribution is 5.89. The number of amides is 3. The maximum Gasteiger partial charge on any atom is 0.321 e. The number of urea groups is 1. The normalized spacial score (nSPS) is 21.4. The lowest BCUT2D eigenvalue weighted by atomic mass is 9.86. The number of nitrogens with zero attached hydrogens (tertiary/aromatic N) is 2. The molecule has 0 radical (unpaired) electrons. The third-order valence-electron chi connectivity index (χ3n) is 6.24. The zero-order valence-corrected chi connectivity index (χ0v) is 16.8. The van der Waals surface area contributed by atoms with Crippen molar-refractivity contribution in [2.45, 2.75) is 44.1 Å². The maximum atomic E-state index is 13.1. The van der Waals surface area contributed by atoms with Crippen molar-refractivity contribution in [3.63, 3.8) is 0 Å². The van der Waals surface area contributed by atoms with Crippen LogP contribution in [0.4, 0.5) is 10.5 Å². The number of para-hydroxylation sites is 1. The molecule has 0 saturated carbocycles. The Morgan fingerprint density at radius 2 is 1.55 bits per heavy atom. The molecule has 1 spiro atoms. The van der Waals surface area contributed by atoms with Gasteiger partial charge in [0.25, 0.3) is 0 Å². The number of hydrogen-bond acceptors (Lipinski definition) is 2. The minimum absolute atomic E-state index is 0.0705. The highest BCUT2D eigenvalue weighted by Crippen LogP contribution is 2.38. The second-order valence-electron chi connectivity index (χ2n) is 8.18. The lowest BCUT2D eigenvalue weighted by Crippen LogP contribution is -2.59. The van der Waals surface area contributed by atoms with Crippen molar-refractivity contribution >= 4 is 17.6 Å². The largest absolute Gasteiger partial charge is 0.335 e. The van der Waals surface area contributed by atoms with Gasteiger partial charge < -0.3 is 15.1 Å². The summed E-state index contributed by atoms with van der Waals surface area (Å²) in [5, 5.41) is 2.99. The van der Waals surface area contributed by atoms with E-state index in [4.69, 9.17) is 0 Å². The molecule has 2 aromatic rings. The van der Waals surface area contributed by atoms with Crippen molar-refractivity contribution in [2.24, 2.45) is 0 Å². The fourth-order valence-electron chi connectivity index (χ4n) is 4.79. The quantitative estimate of drug-likeness (QED) is 0.844. The Balaban J connectivity index is 1.40. The van der Waals surface area contributed by atoms with Crippen LogP contribution in [0.2, 0.25) is 0 Å². The van der Waals surface area contributed by atoms with Gasteiger partial charge in [0.1, 0.15) is 0 Å². The summed E-state index contributed by atoms with van der Waals surface area (Å²) in [6, 6.07) is 19.7. The van der Waals surface area contributed by atoms with E-state index in [1.54, 1.807) is 0 Å². The summed E-state index contributed by atoms with van der Waals surface area (Å²) in [5.74, 6) is 0.219. The average Bonchev–Trinajstić information content (AvgIpc) is 3.16. The van der Waals surface area contributed by atoms with Gasteiger partial charge in [-0.05, 0) is 49.8 Å². The number of carbonyl (C=O) groups excluding carboxylic acids is 2. The van der Waals surface area contributed by atoms with Crippen LogP contribution in [0.1, 0.15) is 37.7 Å². The molecule has 1 atom stereocenters. The van der Waals surface area contributed by atoms with Crippen LogP contribution in [0.5, 0.6) is 0 Å². The van der Waals surface area contributed by atoms with Gasteiger partial charge in [0.05, 0.1) is 5.54 Å². The Morgan fingerprint density at radius 3 is 2.28 bits per heavy atom. The third-order valence-corrected chi connectivity index (χ3v) is 6.24. The summed E-state index contributed by atoms with van der Waals surface area (Å²) in [5.41, 5.74) is 1.81. The van der Waals surface area contributed by atoms with Crippen molar-refractivity contribution in [3.05, 3.63) is 66.2 Å². The van der Waals surface area contributed by atoms with E-state index in [0.29, 0.717) is 13.0 Å². The van der Waals surface area contributed by atoms with E-state index in [-0.39, 0.29) is 17.5 Å². The molecule has 29 heavy (non-hydrogen) atoms. The predicted octanol–water partition coefficient (Wildman–Crippen LogP) is 4.31. The minimum Gasteiger partial charge on any atom is -0.335 e. The van der Waals surface area contributed by atoms with Gasteiger partial charge in [0.15, 0.2) is 0 Å². The van der Waals surface area contributed by atoms with Crippen LogP contribution in [0.3, 0.4) is 0 Å². The maximum absolute atomic E-state index is 13.1. The van der Waals surface area contributed by atoms with E-state index < -0.39 is 0 Å². The molecular weight excluding hydrogens is 362 g/mol. The van der Waals surface area contributed by atoms with Gasteiger partial charge in [-0.25, -0.2) is 4.79 Å². The number of anilines is 1. The van der Waals surface area contributed by atoms with Crippen molar-refractivity contribution in [1.29, 1.82) is 0 Å². The Morgan fingerprint density at radius 1 is 0.897 bits per heavy atom. The molecule has 0 bridgehead atoms. The van der Waals surface area contributed by atoms with Gasteiger partial charge in [-0.3, -0.25) is 4.79 Å². The van der Waals surface area contributed by atoms with E-state index in [1.165, 1.54) is 5.56 Å². The molecule has 2 fully saturated rings. The van der Waals surface area contributed by atoms with Crippen molar-refractivity contribution in [1.82, 2.24) is 9.80 Å². The summed E-state index contributed by atoms with van der Waals surface area (Å²) in [6.45, 7) is 2.18. The minimum atomic E-state index is -0.194. The lowest BCUT2D eigenvalue weighted by molar-refractivity contribution is -0.136. The van der Waals surface area contributed by atoms with E-state index >= 15 is 0 Å². The number of piperidine rings is 1. The number of nitrogens with one attached hydrogen (secondary N) is 1. The van der Waals surface area contributed by atoms with Crippen LogP contribution >= 0.6 is 0 Å². The molecule has 3 amide bonds. The van der Waals surface area contributed by atoms with Gasteiger partial charge >= 0.3 is 6.03 Å². The van der Waals surface area contributed by atoms with E-state index in [1.807, 2.05) is 53.4 Å². The van der Waals surface area contributed by atoms with Crippen molar-refractivity contribution < 1.29 is 9.59 Å². The summed E-state index contributed by atoms with van der Waals surface area (Å²) >= 11 is 0. The molecule has 152 valence electrons. The second-order valence-corrected chi connectivity index (χ2v) is 8.18. The number of rotatable bonds is 4. The van der Waals surface area contributed by atoms with E-state index in [9.17, 15) is 9.59 Å². The van der Waals surface area contributed by atoms with Crippen LogP contribution in [-0.2, 0) is 11.2 Å². The van der Waals surface area contributed by atoms with Crippen molar-refractivity contribution in [3.8, 4) is 0 Å². The third kappa shape index (κ3) is 4.44. The number of hydrogen-bond donors (Lipinski definition) is 1. The SMILES string of the molecule is O=C(Nc1ccccc1)N1CCCC2(CCCN2C(=O)CCc2ccccc2)C1. The van der Waals surface area contributed by atoms with Crippen LogP contribution in [0.15, 0.2) is 60.7 Å². The number of likely N-dealkylation sites (tertiary alicyclic amines) is 2. The molecule has 1 unspecified atom stereocenters. The zero-order chi connectivity index (χ0) is 20.1. The molecule has 2 heterocycles. The monoisotopic (exact) mass is 391 g/mol. The molecule has 2 aromatic carbocycles. The zero-order valence-electron chi connectivity index (χ0n) is 16.8. The van der Waals surface area contributed by atoms with Crippen LogP contribution in [-0.4, -0.2) is 46.9 Å². The standard InChI is InChI=1S/C24H29N3O2/c28-22(14-13-20-9-3-1-4-10-20)27-18-8-16-24(27)15-7-17-26(19-24)23(29)25-21-11-5-2-6-12-21/h1-6,9-12H,7-8,13-19H2,(H,25,29). The van der Waals surface area contributed by atoms with Gasteiger partial charge in [0.2, 0.25) is 5.91 Å². The molecule has 2 aliphatic heterocycles. The predicted molar refractivity (Wildman–Crippen MR) is 115 cm³/mol. The van der Waals surface area contributed by atoms with Crippen LogP contribution in [0.25, 0.3) is 0 Å². The van der Waals surface area contributed by atoms with Crippen molar-refractivity contribution in [2.75, 3.05) is 25.0 Å². The fraction of sp³-hybridized carbons (Fsp3) is 0.417. The Hall–Kier alpha value is -2.82. The summed E-state index contributed by atoms with van der Waals surface area (Å²) in [6.07, 6.45) is 5.22. The number of benzene rings is 2. The summed E-state index contributed by atoms with van der Waals surface area (Å²) < 4.78 is 0. The Kier molecular flexibility index (Phi) is 5.84. The highest BCUT2D eigenvalue weighted by Gasteiger charge is 2.46.